The van der Waals surface area contributed by atoms with Crippen molar-refractivity contribution < 1.29 is 14.7 Å². The predicted octanol–water partition coefficient (Wildman–Crippen LogP) is 4.09. The molecule has 116 valence electrons. The molecule has 0 radical (unpaired) electrons. The predicted molar refractivity (Wildman–Crippen MR) is 86.8 cm³/mol. The Kier molecular flexibility index (Phi) is 6.68. The third-order valence-corrected chi connectivity index (χ3v) is 3.41. The molecule has 0 heterocycles. The summed E-state index contributed by atoms with van der Waals surface area (Å²) >= 11 is 3.23. The number of nitrogens with one attached hydrogen (secondary N) is 2. The summed E-state index contributed by atoms with van der Waals surface area (Å²) in [6.45, 7) is 6.23. The van der Waals surface area contributed by atoms with E-state index in [2.05, 4.69) is 40.4 Å². The van der Waals surface area contributed by atoms with Crippen LogP contribution in [0.3, 0.4) is 0 Å². The second-order valence-electron chi connectivity index (χ2n) is 5.50. The molecule has 0 saturated carbocycles. The Morgan fingerprint density at radius 2 is 1.86 bits per heavy atom. The third-order valence-electron chi connectivity index (χ3n) is 2.96. The van der Waals surface area contributed by atoms with Crippen molar-refractivity contribution in [3.63, 3.8) is 0 Å². The standard InChI is InChI=1S/C15H21BrN2O3/c1-9(2)4-5-10(3)17-15(21)18-13-7-11(14(19)20)6-12(16)8-13/h6-10H,4-5H2,1-3H3,(H,19,20)(H2,17,18,21). The molecule has 0 fully saturated rings. The average Bonchev–Trinajstić information content (AvgIpc) is 2.35. The fraction of sp³-hybridized carbons (Fsp3) is 0.467. The van der Waals surface area contributed by atoms with E-state index in [4.69, 9.17) is 5.11 Å². The van der Waals surface area contributed by atoms with Crippen molar-refractivity contribution in [3.05, 3.63) is 28.2 Å². The average molecular weight is 357 g/mol. The molecule has 2 amide bonds. The minimum absolute atomic E-state index is 0.0681. The largest absolute Gasteiger partial charge is 0.478 e. The van der Waals surface area contributed by atoms with Crippen LogP contribution in [0.5, 0.6) is 0 Å². The lowest BCUT2D eigenvalue weighted by Crippen LogP contribution is -2.36. The van der Waals surface area contributed by atoms with Crippen LogP contribution in [0.15, 0.2) is 22.7 Å². The fourth-order valence-corrected chi connectivity index (χ4v) is 2.33. The van der Waals surface area contributed by atoms with E-state index < -0.39 is 5.97 Å². The zero-order valence-electron chi connectivity index (χ0n) is 12.4. The van der Waals surface area contributed by atoms with Gasteiger partial charge in [-0.1, -0.05) is 29.8 Å². The molecule has 5 nitrogen and oxygen atoms in total. The van der Waals surface area contributed by atoms with Crippen molar-refractivity contribution in [1.29, 1.82) is 0 Å². The van der Waals surface area contributed by atoms with Gasteiger partial charge in [-0.15, -0.1) is 0 Å². The van der Waals surface area contributed by atoms with E-state index in [9.17, 15) is 9.59 Å². The number of carboxylic acids is 1. The Morgan fingerprint density at radius 3 is 2.43 bits per heavy atom. The number of aromatic carboxylic acids is 1. The van der Waals surface area contributed by atoms with Crippen LogP contribution in [-0.2, 0) is 0 Å². The van der Waals surface area contributed by atoms with Crippen LogP contribution in [0.4, 0.5) is 10.5 Å². The number of urea groups is 1. The minimum Gasteiger partial charge on any atom is -0.478 e. The molecule has 0 aromatic heterocycles. The number of carbonyl (C=O) groups is 2. The van der Waals surface area contributed by atoms with Gasteiger partial charge < -0.3 is 15.7 Å². The minimum atomic E-state index is -1.04. The summed E-state index contributed by atoms with van der Waals surface area (Å²) in [5, 5.41) is 14.5. The summed E-state index contributed by atoms with van der Waals surface area (Å²) in [4.78, 5) is 22.8. The molecule has 3 N–H and O–H groups in total. The zero-order chi connectivity index (χ0) is 16.0. The van der Waals surface area contributed by atoms with Crippen LogP contribution in [0.1, 0.15) is 44.0 Å². The number of anilines is 1. The van der Waals surface area contributed by atoms with Gasteiger partial charge in [0.2, 0.25) is 0 Å². The first kappa shape index (κ1) is 17.5. The molecule has 0 aliphatic rings. The maximum atomic E-state index is 11.9. The first-order valence-corrected chi connectivity index (χ1v) is 7.68. The van der Waals surface area contributed by atoms with E-state index in [1.807, 2.05) is 6.92 Å². The molecule has 0 bridgehead atoms. The van der Waals surface area contributed by atoms with Crippen molar-refractivity contribution in [1.82, 2.24) is 5.32 Å². The van der Waals surface area contributed by atoms with Gasteiger partial charge in [-0.3, -0.25) is 0 Å². The SMILES string of the molecule is CC(C)CCC(C)NC(=O)Nc1cc(Br)cc(C(=O)O)c1. The molecule has 1 rings (SSSR count). The Hall–Kier alpha value is -1.56. The number of amides is 2. The second kappa shape index (κ2) is 8.02. The highest BCUT2D eigenvalue weighted by atomic mass is 79.9. The van der Waals surface area contributed by atoms with Crippen LogP contribution in [-0.4, -0.2) is 23.1 Å². The summed E-state index contributed by atoms with van der Waals surface area (Å²) < 4.78 is 0.602. The van der Waals surface area contributed by atoms with Crippen LogP contribution < -0.4 is 10.6 Å². The van der Waals surface area contributed by atoms with E-state index in [0.717, 1.165) is 12.8 Å². The molecule has 0 spiro atoms. The molecule has 6 heteroatoms. The maximum Gasteiger partial charge on any atom is 0.335 e. The summed E-state index contributed by atoms with van der Waals surface area (Å²) in [6.07, 6.45) is 1.95. The summed E-state index contributed by atoms with van der Waals surface area (Å²) in [7, 11) is 0. The molecule has 1 aromatic carbocycles. The number of rotatable bonds is 6. The summed E-state index contributed by atoms with van der Waals surface area (Å²) in [6, 6.07) is 4.30. The van der Waals surface area contributed by atoms with Crippen molar-refractivity contribution in [3.8, 4) is 0 Å². The molecule has 0 saturated heterocycles. The molecule has 21 heavy (non-hydrogen) atoms. The van der Waals surface area contributed by atoms with Gasteiger partial charge in [0.05, 0.1) is 5.56 Å². The van der Waals surface area contributed by atoms with Crippen molar-refractivity contribution in [2.24, 2.45) is 5.92 Å². The van der Waals surface area contributed by atoms with Crippen LogP contribution in [0, 0.1) is 5.92 Å². The van der Waals surface area contributed by atoms with E-state index in [1.54, 1.807) is 6.07 Å². The van der Waals surface area contributed by atoms with Gasteiger partial charge in [0, 0.05) is 16.2 Å². The smallest absolute Gasteiger partial charge is 0.335 e. The lowest BCUT2D eigenvalue weighted by molar-refractivity contribution is 0.0697. The Morgan fingerprint density at radius 1 is 1.19 bits per heavy atom. The van der Waals surface area contributed by atoms with Crippen LogP contribution in [0.2, 0.25) is 0 Å². The lowest BCUT2D eigenvalue weighted by atomic mass is 10.0. The number of hydrogen-bond acceptors (Lipinski definition) is 2. The third kappa shape index (κ3) is 6.62. The van der Waals surface area contributed by atoms with Gasteiger partial charge in [-0.2, -0.15) is 0 Å². The highest BCUT2D eigenvalue weighted by molar-refractivity contribution is 9.10. The number of halogens is 1. The molecule has 0 aliphatic heterocycles. The maximum absolute atomic E-state index is 11.9. The molecular weight excluding hydrogens is 336 g/mol. The summed E-state index contributed by atoms with van der Waals surface area (Å²) in [5.41, 5.74) is 0.558. The van der Waals surface area contributed by atoms with Crippen molar-refractivity contribution >= 4 is 33.6 Å². The Balaban J connectivity index is 2.60. The topological polar surface area (TPSA) is 78.4 Å². The van der Waals surface area contributed by atoms with E-state index in [0.29, 0.717) is 16.1 Å². The van der Waals surface area contributed by atoms with Gasteiger partial charge in [0.1, 0.15) is 0 Å². The van der Waals surface area contributed by atoms with Crippen molar-refractivity contribution in [2.45, 2.75) is 39.7 Å². The van der Waals surface area contributed by atoms with Gasteiger partial charge >= 0.3 is 12.0 Å². The summed E-state index contributed by atoms with van der Waals surface area (Å²) in [5.74, 6) is -0.439. The first-order valence-electron chi connectivity index (χ1n) is 6.89. The first-order chi connectivity index (χ1) is 9.77. The van der Waals surface area contributed by atoms with Gasteiger partial charge in [0.15, 0.2) is 0 Å². The van der Waals surface area contributed by atoms with E-state index >= 15 is 0 Å². The quantitative estimate of drug-likeness (QED) is 0.717. The second-order valence-corrected chi connectivity index (χ2v) is 6.42. The van der Waals surface area contributed by atoms with Gasteiger partial charge in [0.25, 0.3) is 0 Å². The van der Waals surface area contributed by atoms with E-state index in [-0.39, 0.29) is 17.6 Å². The number of carbonyl (C=O) groups excluding carboxylic acids is 1. The molecule has 1 atom stereocenters. The molecule has 1 aromatic rings. The van der Waals surface area contributed by atoms with Crippen molar-refractivity contribution in [2.75, 3.05) is 5.32 Å². The molecular formula is C15H21BrN2O3. The lowest BCUT2D eigenvalue weighted by Gasteiger charge is -2.16. The number of carboxylic acid groups (broad SMARTS) is 1. The molecule has 0 aliphatic carbocycles. The van der Waals surface area contributed by atoms with Gasteiger partial charge in [-0.05, 0) is 43.9 Å². The Labute approximate surface area is 133 Å². The fourth-order valence-electron chi connectivity index (χ4n) is 1.83. The molecule has 1 unspecified atom stereocenters. The van der Waals surface area contributed by atoms with E-state index in [1.165, 1.54) is 12.1 Å². The Bertz CT molecular complexity index is 518. The number of benzene rings is 1. The monoisotopic (exact) mass is 356 g/mol. The normalized spacial score (nSPS) is 12.0. The highest BCUT2D eigenvalue weighted by Crippen LogP contribution is 2.19. The highest BCUT2D eigenvalue weighted by Gasteiger charge is 2.11. The van der Waals surface area contributed by atoms with Gasteiger partial charge in [-0.25, -0.2) is 9.59 Å². The number of hydrogen-bond donors (Lipinski definition) is 3. The van der Waals surface area contributed by atoms with Crippen LogP contribution in [0.25, 0.3) is 0 Å². The zero-order valence-corrected chi connectivity index (χ0v) is 14.0. The van der Waals surface area contributed by atoms with Crippen LogP contribution >= 0.6 is 15.9 Å².